The Bertz CT molecular complexity index is 1130. The molecule has 10 heteroatoms. The van der Waals surface area contributed by atoms with Crippen molar-refractivity contribution in [3.8, 4) is 11.1 Å². The van der Waals surface area contributed by atoms with Gasteiger partial charge in [-0.3, -0.25) is 15.2 Å². The molecule has 0 bridgehead atoms. The fourth-order valence-electron chi connectivity index (χ4n) is 2.75. The van der Waals surface area contributed by atoms with E-state index in [1.807, 2.05) is 0 Å². The van der Waals surface area contributed by atoms with Crippen molar-refractivity contribution in [1.82, 2.24) is 15.2 Å². The summed E-state index contributed by atoms with van der Waals surface area (Å²) in [5.41, 5.74) is 3.75. The molecule has 1 N–H and O–H groups in total. The first-order valence-electron chi connectivity index (χ1n) is 8.89. The minimum absolute atomic E-state index is 0.0439. The molecule has 31 heavy (non-hydrogen) atoms. The van der Waals surface area contributed by atoms with Crippen LogP contribution in [0.4, 0.5) is 24.7 Å². The normalized spacial score (nSPS) is 11.0. The van der Waals surface area contributed by atoms with Gasteiger partial charge in [-0.2, -0.15) is 18.3 Å². The van der Waals surface area contributed by atoms with E-state index in [1.165, 1.54) is 25.3 Å². The third-order valence-corrected chi connectivity index (χ3v) is 4.59. The minimum atomic E-state index is -4.45. The van der Waals surface area contributed by atoms with Crippen LogP contribution in [0, 0.1) is 6.57 Å². The molecule has 0 atom stereocenters. The number of hydrazine groups is 1. The van der Waals surface area contributed by atoms with Crippen molar-refractivity contribution in [2.75, 3.05) is 5.43 Å². The third-order valence-electron chi connectivity index (χ3n) is 4.33. The van der Waals surface area contributed by atoms with Crippen molar-refractivity contribution in [3.63, 3.8) is 0 Å². The van der Waals surface area contributed by atoms with Gasteiger partial charge in [0.2, 0.25) is 11.6 Å². The molecule has 0 aliphatic rings. The number of rotatable bonds is 5. The van der Waals surface area contributed by atoms with E-state index in [9.17, 15) is 18.0 Å². The second-order valence-corrected chi connectivity index (χ2v) is 6.92. The van der Waals surface area contributed by atoms with Crippen LogP contribution >= 0.6 is 11.6 Å². The highest BCUT2D eigenvalue weighted by molar-refractivity contribution is 6.30. The Morgan fingerprint density at radius 2 is 1.81 bits per heavy atom. The average Bonchev–Trinajstić information content (AvgIpc) is 2.73. The van der Waals surface area contributed by atoms with Crippen molar-refractivity contribution < 1.29 is 18.0 Å². The lowest BCUT2D eigenvalue weighted by molar-refractivity contribution is -0.137. The van der Waals surface area contributed by atoms with Crippen LogP contribution < -0.4 is 5.43 Å². The number of carbonyl (C=O) groups excluding carboxylic acids is 1. The van der Waals surface area contributed by atoms with Crippen LogP contribution in [0.3, 0.4) is 0 Å². The van der Waals surface area contributed by atoms with Gasteiger partial charge in [-0.15, -0.1) is 5.10 Å². The van der Waals surface area contributed by atoms with Crippen LogP contribution in [0.1, 0.15) is 18.1 Å². The lowest BCUT2D eigenvalue weighted by Crippen LogP contribution is -2.34. The number of anilines is 1. The summed E-state index contributed by atoms with van der Waals surface area (Å²) in [6.45, 7) is 8.79. The van der Waals surface area contributed by atoms with E-state index in [1.54, 1.807) is 24.3 Å². The fourth-order valence-corrected chi connectivity index (χ4v) is 2.87. The predicted octanol–water partition coefficient (Wildman–Crippen LogP) is 5.74. The van der Waals surface area contributed by atoms with Crippen molar-refractivity contribution in [1.29, 1.82) is 0 Å². The topological polar surface area (TPSA) is 62.5 Å². The van der Waals surface area contributed by atoms with E-state index in [-0.39, 0.29) is 18.1 Å². The maximum atomic E-state index is 12.8. The molecular formula is C21H15ClF3N5O. The third kappa shape index (κ3) is 5.29. The Hall–Kier alpha value is -3.64. The Kier molecular flexibility index (Phi) is 6.42. The van der Waals surface area contributed by atoms with Gasteiger partial charge in [0.25, 0.3) is 0 Å². The van der Waals surface area contributed by atoms with E-state index >= 15 is 0 Å². The number of hydrogen-bond acceptors (Lipinski definition) is 4. The molecule has 1 heterocycles. The van der Waals surface area contributed by atoms with E-state index in [2.05, 4.69) is 20.5 Å². The summed E-state index contributed by atoms with van der Waals surface area (Å²) in [4.78, 5) is 15.6. The number of halogens is 4. The average molecular weight is 446 g/mol. The highest BCUT2D eigenvalue weighted by atomic mass is 35.5. The van der Waals surface area contributed by atoms with Gasteiger partial charge in [-0.05, 0) is 35.4 Å². The Morgan fingerprint density at radius 1 is 1.16 bits per heavy atom. The van der Waals surface area contributed by atoms with Gasteiger partial charge in [0.05, 0.1) is 18.7 Å². The summed E-state index contributed by atoms with van der Waals surface area (Å²) >= 11 is 5.91. The van der Waals surface area contributed by atoms with Gasteiger partial charge in [-0.1, -0.05) is 35.9 Å². The monoisotopic (exact) mass is 445 g/mol. The number of benzene rings is 2. The molecule has 158 valence electrons. The zero-order valence-electron chi connectivity index (χ0n) is 16.1. The van der Waals surface area contributed by atoms with Crippen LogP contribution in [-0.4, -0.2) is 21.1 Å². The Labute approximate surface area is 181 Å². The summed E-state index contributed by atoms with van der Waals surface area (Å²) in [5, 5.41) is 9.50. The molecule has 0 saturated carbocycles. The number of nitrogens with zero attached hydrogens (tertiary/aromatic N) is 4. The molecule has 1 amide bonds. The molecule has 0 spiro atoms. The summed E-state index contributed by atoms with van der Waals surface area (Å²) in [5.74, 6) is -0.376. The van der Waals surface area contributed by atoms with E-state index in [0.29, 0.717) is 21.7 Å². The summed E-state index contributed by atoms with van der Waals surface area (Å²) < 4.78 is 38.3. The lowest BCUT2D eigenvalue weighted by Gasteiger charge is -2.23. The lowest BCUT2D eigenvalue weighted by atomic mass is 10.1. The zero-order valence-corrected chi connectivity index (χ0v) is 16.9. The number of nitrogens with one attached hydrogen (secondary N) is 1. The van der Waals surface area contributed by atoms with E-state index in [4.69, 9.17) is 18.2 Å². The Balaban J connectivity index is 1.88. The molecule has 1 aromatic heterocycles. The predicted molar refractivity (Wildman–Crippen MR) is 110 cm³/mol. The number of alkyl halides is 3. The second kappa shape index (κ2) is 9.02. The molecule has 0 aliphatic heterocycles. The SMILES string of the molecule is [C-]#[N+]c1c(-c2ccc(Cl)cc2)cnnc1NN(Cc1ccc(C(F)(F)F)cc1)C(C)=O. The smallest absolute Gasteiger partial charge is 0.287 e. The summed E-state index contributed by atoms with van der Waals surface area (Å²) in [6, 6.07) is 11.2. The maximum absolute atomic E-state index is 12.8. The van der Waals surface area contributed by atoms with Crippen LogP contribution in [-0.2, 0) is 17.5 Å². The van der Waals surface area contributed by atoms with E-state index in [0.717, 1.165) is 17.1 Å². The summed E-state index contributed by atoms with van der Waals surface area (Å²) in [6.07, 6.45) is -3.02. The maximum Gasteiger partial charge on any atom is 0.416 e. The highest BCUT2D eigenvalue weighted by Crippen LogP contribution is 2.35. The second-order valence-electron chi connectivity index (χ2n) is 6.49. The standard InChI is InChI=1S/C21H15ClF3N5O/c1-13(31)30(12-14-3-7-16(8-4-14)21(23,24)25)29-20-19(26-2)18(11-27-28-20)15-5-9-17(22)10-6-15/h3-11H,12H2,1H3,(H,28,29). The first-order valence-corrected chi connectivity index (χ1v) is 9.27. The molecular weight excluding hydrogens is 431 g/mol. The van der Waals surface area contributed by atoms with Crippen molar-refractivity contribution in [3.05, 3.63) is 82.3 Å². The quantitative estimate of drug-likeness (QED) is 0.401. The van der Waals surface area contributed by atoms with Crippen molar-refractivity contribution in [2.45, 2.75) is 19.6 Å². The number of carbonyl (C=O) groups is 1. The molecule has 0 radical (unpaired) electrons. The zero-order chi connectivity index (χ0) is 22.6. The van der Waals surface area contributed by atoms with Gasteiger partial charge in [-0.25, -0.2) is 4.85 Å². The van der Waals surface area contributed by atoms with Crippen LogP contribution in [0.15, 0.2) is 54.7 Å². The molecule has 0 aliphatic carbocycles. The first-order chi connectivity index (χ1) is 14.7. The van der Waals surface area contributed by atoms with Crippen LogP contribution in [0.25, 0.3) is 16.0 Å². The first kappa shape index (κ1) is 22.1. The number of amides is 1. The van der Waals surface area contributed by atoms with Gasteiger partial charge < -0.3 is 0 Å². The molecule has 0 saturated heterocycles. The van der Waals surface area contributed by atoms with Gasteiger partial charge in [0, 0.05) is 23.7 Å². The van der Waals surface area contributed by atoms with Gasteiger partial charge in [0.1, 0.15) is 0 Å². The van der Waals surface area contributed by atoms with Crippen molar-refractivity contribution in [2.24, 2.45) is 0 Å². The van der Waals surface area contributed by atoms with Crippen LogP contribution in [0.2, 0.25) is 5.02 Å². The highest BCUT2D eigenvalue weighted by Gasteiger charge is 2.30. The fraction of sp³-hybridized carbons (Fsp3) is 0.143. The van der Waals surface area contributed by atoms with E-state index < -0.39 is 17.6 Å². The van der Waals surface area contributed by atoms with Crippen LogP contribution in [0.5, 0.6) is 0 Å². The molecule has 0 fully saturated rings. The minimum Gasteiger partial charge on any atom is -0.287 e. The molecule has 6 nitrogen and oxygen atoms in total. The van der Waals surface area contributed by atoms with Crippen molar-refractivity contribution >= 4 is 29.0 Å². The number of aromatic nitrogens is 2. The largest absolute Gasteiger partial charge is 0.416 e. The molecule has 2 aromatic carbocycles. The molecule has 3 rings (SSSR count). The Morgan fingerprint density at radius 3 is 2.35 bits per heavy atom. The molecule has 0 unspecified atom stereocenters. The molecule has 3 aromatic rings. The van der Waals surface area contributed by atoms with Gasteiger partial charge >= 0.3 is 6.18 Å². The van der Waals surface area contributed by atoms with Gasteiger partial charge in [0.15, 0.2) is 5.82 Å². The summed E-state index contributed by atoms with van der Waals surface area (Å²) in [7, 11) is 0. The number of hydrogen-bond donors (Lipinski definition) is 1.